The van der Waals surface area contributed by atoms with Gasteiger partial charge < -0.3 is 15.2 Å². The van der Waals surface area contributed by atoms with Crippen LogP contribution in [0.3, 0.4) is 0 Å². The molecule has 0 fully saturated rings. The second-order valence-electron chi connectivity index (χ2n) is 6.44. The van der Waals surface area contributed by atoms with Gasteiger partial charge in [-0.3, -0.25) is 4.79 Å². The molecule has 1 aromatic carbocycles. The van der Waals surface area contributed by atoms with E-state index in [9.17, 15) is 9.90 Å². The van der Waals surface area contributed by atoms with Gasteiger partial charge in [0, 0.05) is 17.9 Å². The number of hydrogen-bond donors (Lipinski definition) is 2. The van der Waals surface area contributed by atoms with Gasteiger partial charge in [0.25, 0.3) is 0 Å². The second-order valence-corrected chi connectivity index (χ2v) is 6.83. The fraction of sp³-hybridized carbons (Fsp3) is 0.263. The number of halogens is 1. The standard InChI is InChI=1S/C19H18ClN5O3/c1-3-28-14-8-11(4-5-13(14)26)12-9-17(27)21-19-18(12)10(2)24-25(19)16-7-6-15(20)22-23-16/h4-8,12,26H,3,9H2,1-2H3,(H,21,27)/t12-/m0/s1. The monoisotopic (exact) mass is 399 g/mol. The number of rotatable bonds is 4. The molecule has 0 radical (unpaired) electrons. The number of carbonyl (C=O) groups excluding carboxylic acids is 1. The molecule has 3 aromatic rings. The zero-order chi connectivity index (χ0) is 19.8. The van der Waals surface area contributed by atoms with Crippen molar-refractivity contribution in [1.29, 1.82) is 0 Å². The van der Waals surface area contributed by atoms with Crippen LogP contribution in [-0.4, -0.2) is 37.6 Å². The van der Waals surface area contributed by atoms with E-state index in [0.29, 0.717) is 24.0 Å². The van der Waals surface area contributed by atoms with Crippen LogP contribution in [0.25, 0.3) is 5.82 Å². The molecule has 0 aliphatic carbocycles. The molecule has 0 spiro atoms. The van der Waals surface area contributed by atoms with Gasteiger partial charge in [-0.15, -0.1) is 10.2 Å². The Bertz CT molecular complexity index is 1050. The average Bonchev–Trinajstić information content (AvgIpc) is 3.00. The summed E-state index contributed by atoms with van der Waals surface area (Å²) >= 11 is 5.82. The Kier molecular flexibility index (Phi) is 4.64. The van der Waals surface area contributed by atoms with Gasteiger partial charge in [-0.25, -0.2) is 0 Å². The summed E-state index contributed by atoms with van der Waals surface area (Å²) < 4.78 is 7.05. The molecule has 0 saturated carbocycles. The molecule has 0 saturated heterocycles. The van der Waals surface area contributed by atoms with Gasteiger partial charge in [-0.1, -0.05) is 17.7 Å². The predicted octanol–water partition coefficient (Wildman–Crippen LogP) is 3.20. The lowest BCUT2D eigenvalue weighted by atomic mass is 9.85. The van der Waals surface area contributed by atoms with Gasteiger partial charge in [0.1, 0.15) is 5.82 Å². The van der Waals surface area contributed by atoms with E-state index in [1.165, 1.54) is 0 Å². The van der Waals surface area contributed by atoms with Gasteiger partial charge in [-0.05, 0) is 43.7 Å². The molecule has 1 aliphatic heterocycles. The molecular formula is C19H18ClN5O3. The van der Waals surface area contributed by atoms with Crippen LogP contribution in [0.5, 0.6) is 11.5 Å². The summed E-state index contributed by atoms with van der Waals surface area (Å²) in [6.45, 7) is 4.16. The zero-order valence-corrected chi connectivity index (χ0v) is 16.1. The van der Waals surface area contributed by atoms with Crippen LogP contribution in [0.4, 0.5) is 5.82 Å². The van der Waals surface area contributed by atoms with Crippen molar-refractivity contribution < 1.29 is 14.6 Å². The molecule has 1 amide bonds. The first-order valence-electron chi connectivity index (χ1n) is 8.82. The van der Waals surface area contributed by atoms with Crippen molar-refractivity contribution >= 4 is 23.3 Å². The highest BCUT2D eigenvalue weighted by molar-refractivity contribution is 6.29. The van der Waals surface area contributed by atoms with Gasteiger partial charge in [0.05, 0.1) is 12.3 Å². The van der Waals surface area contributed by atoms with Crippen LogP contribution in [0, 0.1) is 6.92 Å². The topological polar surface area (TPSA) is 102 Å². The number of fused-ring (bicyclic) bond motifs is 1. The summed E-state index contributed by atoms with van der Waals surface area (Å²) in [6, 6.07) is 8.45. The number of aromatic nitrogens is 4. The Morgan fingerprint density at radius 1 is 1.32 bits per heavy atom. The molecule has 3 heterocycles. The number of phenolic OH excluding ortho intramolecular Hbond substituents is 1. The number of anilines is 1. The minimum Gasteiger partial charge on any atom is -0.504 e. The lowest BCUT2D eigenvalue weighted by Crippen LogP contribution is -2.25. The number of carbonyl (C=O) groups is 1. The molecular weight excluding hydrogens is 382 g/mol. The van der Waals surface area contributed by atoms with Gasteiger partial charge in [0.15, 0.2) is 22.5 Å². The zero-order valence-electron chi connectivity index (χ0n) is 15.3. The Balaban J connectivity index is 1.83. The fourth-order valence-electron chi connectivity index (χ4n) is 3.44. The number of phenols is 1. The van der Waals surface area contributed by atoms with Crippen LogP contribution < -0.4 is 10.1 Å². The van der Waals surface area contributed by atoms with E-state index in [4.69, 9.17) is 16.3 Å². The molecule has 9 heteroatoms. The summed E-state index contributed by atoms with van der Waals surface area (Å²) in [4.78, 5) is 12.4. The smallest absolute Gasteiger partial charge is 0.226 e. The van der Waals surface area contributed by atoms with Crippen LogP contribution in [-0.2, 0) is 4.79 Å². The number of benzene rings is 1. The lowest BCUT2D eigenvalue weighted by Gasteiger charge is -2.24. The largest absolute Gasteiger partial charge is 0.504 e. The lowest BCUT2D eigenvalue weighted by molar-refractivity contribution is -0.116. The number of nitrogens with one attached hydrogen (secondary N) is 1. The SMILES string of the molecule is CCOc1cc([C@@H]2CC(=O)Nc3c2c(C)nn3-c2ccc(Cl)nn2)ccc1O. The van der Waals surface area contributed by atoms with Crippen LogP contribution in [0.2, 0.25) is 5.15 Å². The van der Waals surface area contributed by atoms with Crippen LogP contribution in [0.1, 0.15) is 36.1 Å². The van der Waals surface area contributed by atoms with Crippen molar-refractivity contribution in [3.8, 4) is 17.3 Å². The van der Waals surface area contributed by atoms with E-state index in [2.05, 4.69) is 20.6 Å². The first kappa shape index (κ1) is 18.2. The number of ether oxygens (including phenoxy) is 1. The van der Waals surface area contributed by atoms with Crippen molar-refractivity contribution in [3.63, 3.8) is 0 Å². The van der Waals surface area contributed by atoms with Crippen molar-refractivity contribution in [1.82, 2.24) is 20.0 Å². The maximum Gasteiger partial charge on any atom is 0.226 e. The molecule has 1 atom stereocenters. The van der Waals surface area contributed by atoms with E-state index in [1.807, 2.05) is 13.8 Å². The third-order valence-electron chi connectivity index (χ3n) is 4.62. The van der Waals surface area contributed by atoms with Crippen molar-refractivity contribution in [3.05, 3.63) is 52.3 Å². The van der Waals surface area contributed by atoms with E-state index < -0.39 is 0 Å². The summed E-state index contributed by atoms with van der Waals surface area (Å²) in [5.41, 5.74) is 2.52. The Morgan fingerprint density at radius 3 is 2.86 bits per heavy atom. The molecule has 2 aromatic heterocycles. The normalized spacial score (nSPS) is 15.8. The molecule has 0 unspecified atom stereocenters. The Morgan fingerprint density at radius 2 is 2.14 bits per heavy atom. The Hall–Kier alpha value is -3.13. The molecule has 1 aliphatic rings. The maximum atomic E-state index is 12.4. The van der Waals surface area contributed by atoms with Gasteiger partial charge in [0.2, 0.25) is 5.91 Å². The minimum atomic E-state index is -0.224. The van der Waals surface area contributed by atoms with Crippen molar-refractivity contribution in [2.45, 2.75) is 26.2 Å². The van der Waals surface area contributed by atoms with Crippen LogP contribution in [0.15, 0.2) is 30.3 Å². The van der Waals surface area contributed by atoms with E-state index >= 15 is 0 Å². The summed E-state index contributed by atoms with van der Waals surface area (Å²) in [5.74, 6) is 1.11. The highest BCUT2D eigenvalue weighted by atomic mass is 35.5. The van der Waals surface area contributed by atoms with Gasteiger partial charge in [-0.2, -0.15) is 9.78 Å². The third kappa shape index (κ3) is 3.16. The number of nitrogens with zero attached hydrogens (tertiary/aromatic N) is 4. The molecule has 144 valence electrons. The molecule has 4 rings (SSSR count). The number of amides is 1. The highest BCUT2D eigenvalue weighted by Crippen LogP contribution is 2.42. The van der Waals surface area contributed by atoms with E-state index in [0.717, 1.165) is 16.8 Å². The van der Waals surface area contributed by atoms with Crippen molar-refractivity contribution in [2.75, 3.05) is 11.9 Å². The van der Waals surface area contributed by atoms with Crippen molar-refractivity contribution in [2.24, 2.45) is 0 Å². The third-order valence-corrected chi connectivity index (χ3v) is 4.83. The molecule has 2 N–H and O–H groups in total. The summed E-state index contributed by atoms with van der Waals surface area (Å²) in [6.07, 6.45) is 0.266. The number of hydrogen-bond acceptors (Lipinski definition) is 6. The number of aromatic hydroxyl groups is 1. The van der Waals surface area contributed by atoms with E-state index in [-0.39, 0.29) is 29.1 Å². The minimum absolute atomic E-state index is 0.0648. The van der Waals surface area contributed by atoms with E-state index in [1.54, 1.807) is 35.0 Å². The fourth-order valence-corrected chi connectivity index (χ4v) is 3.54. The summed E-state index contributed by atoms with van der Waals surface area (Å²) in [5, 5.41) is 25.6. The average molecular weight is 400 g/mol. The molecule has 8 nitrogen and oxygen atoms in total. The molecule has 0 bridgehead atoms. The number of aryl methyl sites for hydroxylation is 1. The Labute approximate surface area is 166 Å². The quantitative estimate of drug-likeness (QED) is 0.698. The van der Waals surface area contributed by atoms with Crippen LogP contribution >= 0.6 is 11.6 Å². The first-order chi connectivity index (χ1) is 13.5. The summed E-state index contributed by atoms with van der Waals surface area (Å²) in [7, 11) is 0. The predicted molar refractivity (Wildman–Crippen MR) is 103 cm³/mol. The molecule has 28 heavy (non-hydrogen) atoms. The maximum absolute atomic E-state index is 12.4. The highest BCUT2D eigenvalue weighted by Gasteiger charge is 2.33. The second kappa shape index (κ2) is 7.12. The van der Waals surface area contributed by atoms with Gasteiger partial charge >= 0.3 is 0 Å². The first-order valence-corrected chi connectivity index (χ1v) is 9.20.